The van der Waals surface area contributed by atoms with Gasteiger partial charge >= 0.3 is 0 Å². The van der Waals surface area contributed by atoms with Gasteiger partial charge in [0.15, 0.2) is 0 Å². The molecule has 1 saturated heterocycles. The number of hydrogen-bond donors (Lipinski definition) is 3. The van der Waals surface area contributed by atoms with Gasteiger partial charge in [-0.05, 0) is 31.4 Å². The lowest BCUT2D eigenvalue weighted by atomic mass is 10.0. The SMILES string of the molecule is O=C(CCl)NCCCCCCCNc1cccc2c1C(=O)N(C1CCC(=O)NC1=O)C2=O. The van der Waals surface area contributed by atoms with Crippen LogP contribution in [0.2, 0.25) is 0 Å². The molecule has 1 aromatic carbocycles. The molecule has 3 N–H and O–H groups in total. The molecule has 1 fully saturated rings. The molecule has 9 nitrogen and oxygen atoms in total. The zero-order valence-electron chi connectivity index (χ0n) is 17.7. The minimum atomic E-state index is -0.970. The zero-order valence-corrected chi connectivity index (χ0v) is 18.5. The predicted molar refractivity (Wildman–Crippen MR) is 118 cm³/mol. The molecule has 0 aromatic heterocycles. The molecule has 0 aliphatic carbocycles. The van der Waals surface area contributed by atoms with Gasteiger partial charge in [0, 0.05) is 25.2 Å². The van der Waals surface area contributed by atoms with Crippen LogP contribution >= 0.6 is 11.6 Å². The molecule has 1 atom stereocenters. The van der Waals surface area contributed by atoms with Crippen molar-refractivity contribution in [1.82, 2.24) is 15.5 Å². The third-order valence-electron chi connectivity index (χ3n) is 5.58. The summed E-state index contributed by atoms with van der Waals surface area (Å²) in [4.78, 5) is 61.5. The van der Waals surface area contributed by atoms with Gasteiger partial charge in [0.05, 0.1) is 11.1 Å². The van der Waals surface area contributed by atoms with Gasteiger partial charge in [-0.2, -0.15) is 0 Å². The van der Waals surface area contributed by atoms with E-state index in [1.807, 2.05) is 0 Å². The van der Waals surface area contributed by atoms with Crippen molar-refractivity contribution < 1.29 is 24.0 Å². The van der Waals surface area contributed by atoms with Gasteiger partial charge in [0.1, 0.15) is 11.9 Å². The van der Waals surface area contributed by atoms with Crippen LogP contribution in [-0.4, -0.2) is 59.4 Å². The molecule has 32 heavy (non-hydrogen) atoms. The van der Waals surface area contributed by atoms with Crippen LogP contribution in [-0.2, 0) is 14.4 Å². The zero-order chi connectivity index (χ0) is 23.1. The highest BCUT2D eigenvalue weighted by atomic mass is 35.5. The highest BCUT2D eigenvalue weighted by Crippen LogP contribution is 2.32. The Morgan fingerprint density at radius 1 is 1.03 bits per heavy atom. The van der Waals surface area contributed by atoms with Crippen LogP contribution in [0.4, 0.5) is 5.69 Å². The van der Waals surface area contributed by atoms with E-state index in [1.165, 1.54) is 0 Å². The van der Waals surface area contributed by atoms with Crippen molar-refractivity contribution in [3.05, 3.63) is 29.3 Å². The van der Waals surface area contributed by atoms with Crippen molar-refractivity contribution in [3.8, 4) is 0 Å². The van der Waals surface area contributed by atoms with Crippen molar-refractivity contribution in [2.75, 3.05) is 24.3 Å². The van der Waals surface area contributed by atoms with E-state index in [2.05, 4.69) is 16.0 Å². The summed E-state index contributed by atoms with van der Waals surface area (Å²) < 4.78 is 0. The van der Waals surface area contributed by atoms with Crippen LogP contribution in [0.15, 0.2) is 18.2 Å². The van der Waals surface area contributed by atoms with Crippen LogP contribution in [0.25, 0.3) is 0 Å². The van der Waals surface area contributed by atoms with E-state index in [1.54, 1.807) is 18.2 Å². The molecular weight excluding hydrogens is 436 g/mol. The first-order valence-electron chi connectivity index (χ1n) is 10.8. The second-order valence-corrected chi connectivity index (χ2v) is 8.12. The van der Waals surface area contributed by atoms with Crippen LogP contribution in [0, 0.1) is 0 Å². The summed E-state index contributed by atoms with van der Waals surface area (Å²) in [5, 5.41) is 8.17. The first kappa shape index (κ1) is 23.7. The molecule has 5 amide bonds. The molecule has 0 spiro atoms. The highest BCUT2D eigenvalue weighted by molar-refractivity contribution is 6.27. The molecule has 0 radical (unpaired) electrons. The van der Waals surface area contributed by atoms with Crippen LogP contribution in [0.5, 0.6) is 0 Å². The smallest absolute Gasteiger partial charge is 0.264 e. The monoisotopic (exact) mass is 462 g/mol. The van der Waals surface area contributed by atoms with E-state index in [0.29, 0.717) is 18.8 Å². The second-order valence-electron chi connectivity index (χ2n) is 7.85. The summed E-state index contributed by atoms with van der Waals surface area (Å²) in [5.74, 6) is -2.21. The number of fused-ring (bicyclic) bond motifs is 1. The van der Waals surface area contributed by atoms with Crippen molar-refractivity contribution in [2.24, 2.45) is 0 Å². The quantitative estimate of drug-likeness (QED) is 0.261. The number of hydrogen-bond acceptors (Lipinski definition) is 6. The fourth-order valence-electron chi connectivity index (χ4n) is 3.94. The van der Waals surface area contributed by atoms with E-state index in [9.17, 15) is 24.0 Å². The molecule has 0 saturated carbocycles. The number of alkyl halides is 1. The molecule has 2 aliphatic heterocycles. The summed E-state index contributed by atoms with van der Waals surface area (Å²) in [6, 6.07) is 4.06. The minimum Gasteiger partial charge on any atom is -0.384 e. The van der Waals surface area contributed by atoms with E-state index >= 15 is 0 Å². The minimum absolute atomic E-state index is 0.0196. The van der Waals surface area contributed by atoms with Gasteiger partial charge in [-0.15, -0.1) is 11.6 Å². The van der Waals surface area contributed by atoms with E-state index in [0.717, 1.165) is 37.0 Å². The van der Waals surface area contributed by atoms with Crippen molar-refractivity contribution in [1.29, 1.82) is 0 Å². The topological polar surface area (TPSA) is 125 Å². The molecule has 3 rings (SSSR count). The highest BCUT2D eigenvalue weighted by Gasteiger charge is 2.45. The Morgan fingerprint density at radius 3 is 2.47 bits per heavy atom. The van der Waals surface area contributed by atoms with E-state index in [4.69, 9.17) is 11.6 Å². The Labute approximate surface area is 191 Å². The van der Waals surface area contributed by atoms with Crippen LogP contribution in [0.1, 0.15) is 65.7 Å². The van der Waals surface area contributed by atoms with E-state index < -0.39 is 29.7 Å². The number of unbranched alkanes of at least 4 members (excludes halogenated alkanes) is 4. The molecule has 0 bridgehead atoms. The molecule has 1 unspecified atom stereocenters. The Kier molecular flexibility index (Phi) is 8.21. The number of nitrogens with zero attached hydrogens (tertiary/aromatic N) is 1. The van der Waals surface area contributed by atoms with Crippen molar-refractivity contribution in [3.63, 3.8) is 0 Å². The molecule has 2 aliphatic rings. The molecule has 10 heteroatoms. The molecule has 172 valence electrons. The Hall–Kier alpha value is -2.94. The fraction of sp³-hybridized carbons (Fsp3) is 0.500. The summed E-state index contributed by atoms with van der Waals surface area (Å²) in [7, 11) is 0. The normalized spacial score (nSPS) is 17.9. The summed E-state index contributed by atoms with van der Waals surface area (Å²) >= 11 is 5.42. The lowest BCUT2D eigenvalue weighted by Crippen LogP contribution is -2.54. The molecule has 2 heterocycles. The number of anilines is 1. The van der Waals surface area contributed by atoms with Gasteiger partial charge in [0.25, 0.3) is 11.8 Å². The average Bonchev–Trinajstić information content (AvgIpc) is 3.03. The second kappa shape index (κ2) is 11.1. The van der Waals surface area contributed by atoms with Gasteiger partial charge in [-0.25, -0.2) is 0 Å². The van der Waals surface area contributed by atoms with E-state index in [-0.39, 0.29) is 35.8 Å². The standard InChI is InChI=1S/C22H27ClN4O5/c23-13-18(29)25-12-5-3-1-2-4-11-24-15-8-6-7-14-19(15)22(32)27(21(14)31)16-9-10-17(28)26-20(16)30/h6-8,16,24H,1-5,9-13H2,(H,25,29)(H,26,28,30). The van der Waals surface area contributed by atoms with Gasteiger partial charge in [-0.3, -0.25) is 34.2 Å². The predicted octanol–water partition coefficient (Wildman–Crippen LogP) is 1.81. The first-order chi connectivity index (χ1) is 15.4. The maximum atomic E-state index is 13.0. The Balaban J connectivity index is 1.49. The van der Waals surface area contributed by atoms with Gasteiger partial charge in [0.2, 0.25) is 17.7 Å². The third-order valence-corrected chi connectivity index (χ3v) is 5.82. The van der Waals surface area contributed by atoms with Crippen LogP contribution < -0.4 is 16.0 Å². The number of benzene rings is 1. The fourth-order valence-corrected chi connectivity index (χ4v) is 4.04. The summed E-state index contributed by atoms with van der Waals surface area (Å²) in [5.41, 5.74) is 1.11. The number of carbonyl (C=O) groups is 5. The number of piperidine rings is 1. The van der Waals surface area contributed by atoms with Gasteiger partial charge in [-0.1, -0.05) is 25.3 Å². The summed E-state index contributed by atoms with van der Waals surface area (Å²) in [6.07, 6.45) is 5.01. The van der Waals surface area contributed by atoms with Crippen molar-refractivity contribution >= 4 is 46.8 Å². The van der Waals surface area contributed by atoms with Crippen molar-refractivity contribution in [2.45, 2.75) is 51.0 Å². The maximum Gasteiger partial charge on any atom is 0.264 e. The number of nitrogens with one attached hydrogen (secondary N) is 3. The molecular formula is C22H27ClN4O5. The number of rotatable bonds is 11. The Morgan fingerprint density at radius 2 is 1.75 bits per heavy atom. The number of halogens is 1. The third kappa shape index (κ3) is 5.45. The molecule has 1 aromatic rings. The number of imide groups is 2. The van der Waals surface area contributed by atoms with Gasteiger partial charge < -0.3 is 10.6 Å². The average molecular weight is 463 g/mol. The lowest BCUT2D eigenvalue weighted by molar-refractivity contribution is -0.136. The largest absolute Gasteiger partial charge is 0.384 e. The number of carbonyl (C=O) groups excluding carboxylic acids is 5. The first-order valence-corrected chi connectivity index (χ1v) is 11.4. The van der Waals surface area contributed by atoms with Crippen LogP contribution in [0.3, 0.4) is 0 Å². The maximum absolute atomic E-state index is 13.0. The number of amides is 5. The Bertz CT molecular complexity index is 920. The summed E-state index contributed by atoms with van der Waals surface area (Å²) in [6.45, 7) is 1.26. The lowest BCUT2D eigenvalue weighted by Gasteiger charge is -2.27.